The van der Waals surface area contributed by atoms with Gasteiger partial charge in [-0.2, -0.15) is 0 Å². The highest BCUT2D eigenvalue weighted by Crippen LogP contribution is 2.19. The lowest BCUT2D eigenvalue weighted by Gasteiger charge is -2.36. The number of aliphatic hydroxyl groups excluding tert-OH is 1. The molecule has 1 rings (SSSR count). The third kappa shape index (κ3) is 4.70. The van der Waals surface area contributed by atoms with Crippen LogP contribution in [0.3, 0.4) is 0 Å². The summed E-state index contributed by atoms with van der Waals surface area (Å²) in [6.45, 7) is 2.57. The summed E-state index contributed by atoms with van der Waals surface area (Å²) in [6, 6.07) is -1.12. The number of urea groups is 1. The van der Waals surface area contributed by atoms with Crippen LogP contribution in [-0.2, 0) is 4.79 Å². The van der Waals surface area contributed by atoms with Crippen molar-refractivity contribution in [2.75, 3.05) is 13.2 Å². The summed E-state index contributed by atoms with van der Waals surface area (Å²) in [6.07, 6.45) is 4.54. The van der Waals surface area contributed by atoms with Gasteiger partial charge < -0.3 is 20.4 Å². The molecule has 3 N–H and O–H groups in total. The Kier molecular flexibility index (Phi) is 6.62. The maximum absolute atomic E-state index is 12.1. The maximum atomic E-state index is 12.1. The number of aliphatic carboxylic acids is 1. The summed E-state index contributed by atoms with van der Waals surface area (Å²) in [4.78, 5) is 24.9. The van der Waals surface area contributed by atoms with Crippen LogP contribution in [0.4, 0.5) is 4.79 Å². The SMILES string of the molecule is CCC[C@@H](NC(=O)N1CCCCC1CCO)C(=O)O. The van der Waals surface area contributed by atoms with Gasteiger partial charge in [-0.1, -0.05) is 13.3 Å². The van der Waals surface area contributed by atoms with Crippen LogP contribution >= 0.6 is 0 Å². The second-order valence-electron chi connectivity index (χ2n) is 4.98. The Morgan fingerprint density at radius 2 is 2.16 bits per heavy atom. The average molecular weight is 272 g/mol. The first-order chi connectivity index (χ1) is 9.10. The Morgan fingerprint density at radius 3 is 2.74 bits per heavy atom. The van der Waals surface area contributed by atoms with Gasteiger partial charge in [0.25, 0.3) is 0 Å². The maximum Gasteiger partial charge on any atom is 0.326 e. The zero-order valence-corrected chi connectivity index (χ0v) is 11.5. The molecule has 1 saturated heterocycles. The second kappa shape index (κ2) is 7.99. The van der Waals surface area contributed by atoms with Crippen LogP contribution in [0.5, 0.6) is 0 Å². The quantitative estimate of drug-likeness (QED) is 0.677. The van der Waals surface area contributed by atoms with Crippen LogP contribution in [0, 0.1) is 0 Å². The van der Waals surface area contributed by atoms with Crippen LogP contribution in [0.25, 0.3) is 0 Å². The number of amides is 2. The van der Waals surface area contributed by atoms with Crippen LogP contribution in [0.15, 0.2) is 0 Å². The Morgan fingerprint density at radius 1 is 1.42 bits per heavy atom. The van der Waals surface area contributed by atoms with Crippen molar-refractivity contribution in [2.45, 2.75) is 57.5 Å². The summed E-state index contributed by atoms with van der Waals surface area (Å²) in [5.41, 5.74) is 0. The molecule has 19 heavy (non-hydrogen) atoms. The first kappa shape index (κ1) is 15.8. The van der Waals surface area contributed by atoms with Crippen molar-refractivity contribution < 1.29 is 19.8 Å². The average Bonchev–Trinajstić information content (AvgIpc) is 2.39. The summed E-state index contributed by atoms with van der Waals surface area (Å²) >= 11 is 0. The lowest BCUT2D eigenvalue weighted by Crippen LogP contribution is -2.53. The first-order valence-corrected chi connectivity index (χ1v) is 7.01. The van der Waals surface area contributed by atoms with Crippen molar-refractivity contribution in [2.24, 2.45) is 0 Å². The number of carboxylic acids is 1. The Bertz CT molecular complexity index is 307. The van der Waals surface area contributed by atoms with Gasteiger partial charge in [0.2, 0.25) is 0 Å². The molecular weight excluding hydrogens is 248 g/mol. The van der Waals surface area contributed by atoms with Crippen molar-refractivity contribution in [1.82, 2.24) is 10.2 Å². The molecule has 1 aliphatic heterocycles. The fourth-order valence-electron chi connectivity index (χ4n) is 2.50. The highest BCUT2D eigenvalue weighted by atomic mass is 16.4. The number of hydrogen-bond acceptors (Lipinski definition) is 3. The molecule has 1 unspecified atom stereocenters. The first-order valence-electron chi connectivity index (χ1n) is 7.01. The van der Waals surface area contributed by atoms with E-state index in [4.69, 9.17) is 10.2 Å². The molecule has 0 aromatic heterocycles. The van der Waals surface area contributed by atoms with E-state index in [1.807, 2.05) is 6.92 Å². The molecule has 1 heterocycles. The molecule has 6 nitrogen and oxygen atoms in total. The Hall–Kier alpha value is -1.30. The van der Waals surface area contributed by atoms with E-state index < -0.39 is 12.0 Å². The molecule has 2 amide bonds. The number of nitrogens with one attached hydrogen (secondary N) is 1. The van der Waals surface area contributed by atoms with Crippen LogP contribution in [-0.4, -0.2) is 52.3 Å². The van der Waals surface area contributed by atoms with Gasteiger partial charge in [0, 0.05) is 19.2 Å². The van der Waals surface area contributed by atoms with Crippen molar-refractivity contribution in [3.8, 4) is 0 Å². The van der Waals surface area contributed by atoms with E-state index in [9.17, 15) is 9.59 Å². The molecule has 1 fully saturated rings. The number of aliphatic hydroxyl groups is 1. The molecule has 0 aliphatic carbocycles. The summed E-state index contributed by atoms with van der Waals surface area (Å²) in [5, 5.41) is 20.6. The van der Waals surface area contributed by atoms with Crippen molar-refractivity contribution >= 4 is 12.0 Å². The highest BCUT2D eigenvalue weighted by molar-refractivity contribution is 5.82. The molecule has 1 aliphatic rings. The van der Waals surface area contributed by atoms with Gasteiger partial charge in [-0.3, -0.25) is 0 Å². The minimum absolute atomic E-state index is 0.0230. The lowest BCUT2D eigenvalue weighted by molar-refractivity contribution is -0.139. The van der Waals surface area contributed by atoms with Crippen molar-refractivity contribution in [3.05, 3.63) is 0 Å². The standard InChI is InChI=1S/C13H24N2O4/c1-2-5-11(12(17)18)14-13(19)15-8-4-3-6-10(15)7-9-16/h10-11,16H,2-9H2,1H3,(H,14,19)(H,17,18)/t10?,11-/m1/s1. The Labute approximate surface area is 113 Å². The van der Waals surface area contributed by atoms with E-state index in [0.717, 1.165) is 19.3 Å². The number of carboxylic acid groups (broad SMARTS) is 1. The summed E-state index contributed by atoms with van der Waals surface area (Å²) < 4.78 is 0. The van der Waals surface area contributed by atoms with Crippen molar-refractivity contribution in [1.29, 1.82) is 0 Å². The van der Waals surface area contributed by atoms with Gasteiger partial charge in [-0.15, -0.1) is 0 Å². The molecule has 0 saturated carbocycles. The number of likely N-dealkylation sites (tertiary alicyclic amines) is 1. The van der Waals surface area contributed by atoms with E-state index >= 15 is 0 Å². The van der Waals surface area contributed by atoms with Gasteiger partial charge in [-0.05, 0) is 32.1 Å². The number of rotatable bonds is 6. The molecule has 6 heteroatoms. The number of piperidine rings is 1. The van der Waals surface area contributed by atoms with E-state index in [-0.39, 0.29) is 18.7 Å². The highest BCUT2D eigenvalue weighted by Gasteiger charge is 2.28. The topological polar surface area (TPSA) is 89.9 Å². The van der Waals surface area contributed by atoms with Crippen LogP contribution < -0.4 is 5.32 Å². The minimum Gasteiger partial charge on any atom is -0.480 e. The molecule has 0 radical (unpaired) electrons. The molecule has 0 spiro atoms. The summed E-state index contributed by atoms with van der Waals surface area (Å²) in [5.74, 6) is -0.995. The molecular formula is C13H24N2O4. The van der Waals surface area contributed by atoms with Gasteiger partial charge in [0.15, 0.2) is 0 Å². The number of carbonyl (C=O) groups excluding carboxylic acids is 1. The smallest absolute Gasteiger partial charge is 0.326 e. The monoisotopic (exact) mass is 272 g/mol. The number of hydrogen-bond donors (Lipinski definition) is 3. The van der Waals surface area contributed by atoms with E-state index in [2.05, 4.69) is 5.32 Å². The molecule has 0 aromatic carbocycles. The van der Waals surface area contributed by atoms with Gasteiger partial charge in [-0.25, -0.2) is 9.59 Å². The predicted molar refractivity (Wildman–Crippen MR) is 70.9 cm³/mol. The third-order valence-electron chi connectivity index (χ3n) is 3.52. The molecule has 110 valence electrons. The second-order valence-corrected chi connectivity index (χ2v) is 4.98. The van der Waals surface area contributed by atoms with Gasteiger partial charge in [0.1, 0.15) is 6.04 Å². The van der Waals surface area contributed by atoms with E-state index in [1.165, 1.54) is 0 Å². The normalized spacial score (nSPS) is 20.9. The van der Waals surface area contributed by atoms with Crippen LogP contribution in [0.2, 0.25) is 0 Å². The van der Waals surface area contributed by atoms with Gasteiger partial charge >= 0.3 is 12.0 Å². The number of carbonyl (C=O) groups is 2. The van der Waals surface area contributed by atoms with Crippen LogP contribution in [0.1, 0.15) is 45.4 Å². The molecule has 0 bridgehead atoms. The van der Waals surface area contributed by atoms with Gasteiger partial charge in [0.05, 0.1) is 0 Å². The van der Waals surface area contributed by atoms with E-state index in [1.54, 1.807) is 4.90 Å². The van der Waals surface area contributed by atoms with E-state index in [0.29, 0.717) is 25.8 Å². The zero-order valence-electron chi connectivity index (χ0n) is 11.5. The lowest BCUT2D eigenvalue weighted by atomic mass is 10.00. The summed E-state index contributed by atoms with van der Waals surface area (Å²) in [7, 11) is 0. The minimum atomic E-state index is -0.995. The molecule has 2 atom stereocenters. The fourth-order valence-corrected chi connectivity index (χ4v) is 2.50. The Balaban J connectivity index is 2.60. The fraction of sp³-hybridized carbons (Fsp3) is 0.846. The number of nitrogens with zero attached hydrogens (tertiary/aromatic N) is 1. The third-order valence-corrected chi connectivity index (χ3v) is 3.52. The predicted octanol–water partition coefficient (Wildman–Crippen LogP) is 1.19. The zero-order chi connectivity index (χ0) is 14.3. The largest absolute Gasteiger partial charge is 0.480 e. The molecule has 0 aromatic rings. The van der Waals surface area contributed by atoms with Crippen molar-refractivity contribution in [3.63, 3.8) is 0 Å².